The molecular weight excluding hydrogens is 615 g/mol. The topological polar surface area (TPSA) is 192 Å². The number of anilines is 1. The number of hydrogen-bond donors (Lipinski definition) is 4. The van der Waals surface area contributed by atoms with Crippen molar-refractivity contribution in [3.8, 4) is 0 Å². The third-order valence-electron chi connectivity index (χ3n) is 6.78. The number of aromatic nitrogens is 2. The largest absolute Gasteiger partial charge is 0.370 e. The quantitative estimate of drug-likeness (QED) is 0.0616. The van der Waals surface area contributed by atoms with Crippen LogP contribution in [-0.4, -0.2) is 48.2 Å². The number of nitrogens with one attached hydrogen (secondary N) is 2. The smallest absolute Gasteiger partial charge is 0.275 e. The Morgan fingerprint density at radius 3 is 2.29 bits per heavy atom. The predicted molar refractivity (Wildman–Crippen MR) is 176 cm³/mol. The first-order valence-electron chi connectivity index (χ1n) is 14.2. The highest BCUT2D eigenvalue weighted by atomic mass is 32.2. The minimum absolute atomic E-state index is 0.0801. The van der Waals surface area contributed by atoms with E-state index in [0.29, 0.717) is 30.5 Å². The molecule has 0 aliphatic rings. The van der Waals surface area contributed by atoms with Gasteiger partial charge in [-0.15, -0.1) is 11.3 Å². The van der Waals surface area contributed by atoms with Crippen molar-refractivity contribution < 1.29 is 18.0 Å². The standard InChI is InChI=1S/C31H35N7O5S2/c32-31(33)35-17-7-12-25(28(40)29-34-18-19-44-29)36-27(39)20-38-24(14-13-22-8-3-1-4-9-22)15-16-26(30(38)41)37-45(42,43)21-23-10-5-2-6-11-23/h1-6,8-11,15-16,18-19,25,37H,7,12-14,17,20-21H2,(H,36,39)(H4,32,33,35). The van der Waals surface area contributed by atoms with Gasteiger partial charge in [0.25, 0.3) is 5.56 Å². The molecule has 0 aliphatic carbocycles. The van der Waals surface area contributed by atoms with Gasteiger partial charge in [-0.25, -0.2) is 13.4 Å². The Kier molecular flexibility index (Phi) is 11.6. The van der Waals surface area contributed by atoms with Crippen molar-refractivity contribution in [3.05, 3.63) is 117 Å². The number of aryl methyl sites for hydroxylation is 2. The number of sulfonamides is 1. The molecule has 14 heteroatoms. The number of pyridine rings is 1. The average molecular weight is 650 g/mol. The minimum Gasteiger partial charge on any atom is -0.370 e. The zero-order valence-electron chi connectivity index (χ0n) is 24.5. The van der Waals surface area contributed by atoms with E-state index in [0.717, 1.165) is 16.9 Å². The Labute approximate surface area is 265 Å². The number of carbonyl (C=O) groups excluding carboxylic acids is 2. The molecule has 2 aromatic carbocycles. The van der Waals surface area contributed by atoms with Crippen LogP contribution >= 0.6 is 11.3 Å². The van der Waals surface area contributed by atoms with E-state index in [4.69, 9.17) is 11.5 Å². The number of aliphatic imine (C=N–C) groups is 1. The van der Waals surface area contributed by atoms with Crippen LogP contribution in [0, 0.1) is 0 Å². The van der Waals surface area contributed by atoms with Gasteiger partial charge in [0.1, 0.15) is 12.2 Å². The van der Waals surface area contributed by atoms with Gasteiger partial charge in [0.15, 0.2) is 11.0 Å². The molecule has 0 bridgehead atoms. The lowest BCUT2D eigenvalue weighted by Crippen LogP contribution is -2.44. The van der Waals surface area contributed by atoms with Gasteiger partial charge < -0.3 is 21.4 Å². The molecule has 1 amide bonds. The highest BCUT2D eigenvalue weighted by molar-refractivity contribution is 7.91. The highest BCUT2D eigenvalue weighted by Crippen LogP contribution is 2.14. The molecule has 6 N–H and O–H groups in total. The number of ketones is 1. The monoisotopic (exact) mass is 649 g/mol. The van der Waals surface area contributed by atoms with Crippen LogP contribution in [0.3, 0.4) is 0 Å². The van der Waals surface area contributed by atoms with E-state index in [1.54, 1.807) is 41.8 Å². The Morgan fingerprint density at radius 2 is 1.64 bits per heavy atom. The molecular formula is C31H35N7O5S2. The molecule has 0 radical (unpaired) electrons. The van der Waals surface area contributed by atoms with Gasteiger partial charge in [-0.2, -0.15) is 0 Å². The minimum atomic E-state index is -3.94. The Bertz CT molecular complexity index is 1770. The second-order valence-corrected chi connectivity index (χ2v) is 12.8. The Balaban J connectivity index is 1.58. The summed E-state index contributed by atoms with van der Waals surface area (Å²) in [6.45, 7) is -0.180. The summed E-state index contributed by atoms with van der Waals surface area (Å²) in [6, 6.07) is 20.3. The van der Waals surface area contributed by atoms with Gasteiger partial charge in [-0.05, 0) is 48.9 Å². The van der Waals surface area contributed by atoms with Crippen LogP contribution in [0.5, 0.6) is 0 Å². The first kappa shape index (κ1) is 33.1. The molecule has 45 heavy (non-hydrogen) atoms. The molecule has 4 aromatic rings. The normalized spacial score (nSPS) is 11.8. The lowest BCUT2D eigenvalue weighted by molar-refractivity contribution is -0.122. The average Bonchev–Trinajstić information content (AvgIpc) is 3.56. The lowest BCUT2D eigenvalue weighted by Gasteiger charge is -2.19. The van der Waals surface area contributed by atoms with Gasteiger partial charge in [-0.3, -0.25) is 24.1 Å². The van der Waals surface area contributed by atoms with Crippen molar-refractivity contribution >= 4 is 44.7 Å². The van der Waals surface area contributed by atoms with E-state index in [9.17, 15) is 22.8 Å². The molecule has 0 spiro atoms. The van der Waals surface area contributed by atoms with Crippen molar-refractivity contribution in [2.45, 2.75) is 44.0 Å². The van der Waals surface area contributed by atoms with E-state index in [-0.39, 0.29) is 41.2 Å². The fourth-order valence-corrected chi connectivity index (χ4v) is 6.48. The van der Waals surface area contributed by atoms with Crippen molar-refractivity contribution in [1.29, 1.82) is 0 Å². The third kappa shape index (κ3) is 10.1. The molecule has 1 atom stereocenters. The Morgan fingerprint density at radius 1 is 0.956 bits per heavy atom. The molecule has 0 saturated heterocycles. The molecule has 2 aromatic heterocycles. The van der Waals surface area contributed by atoms with Crippen LogP contribution in [0.15, 0.2) is 94.2 Å². The van der Waals surface area contributed by atoms with Gasteiger partial charge in [0.2, 0.25) is 21.7 Å². The zero-order chi connectivity index (χ0) is 32.2. The van der Waals surface area contributed by atoms with Crippen LogP contribution in [0.4, 0.5) is 5.69 Å². The molecule has 0 aliphatic heterocycles. The van der Waals surface area contributed by atoms with Crippen LogP contribution in [0.1, 0.15) is 39.5 Å². The van der Waals surface area contributed by atoms with Gasteiger partial charge in [0, 0.05) is 23.8 Å². The molecule has 2 heterocycles. The number of nitrogens with zero attached hydrogens (tertiary/aromatic N) is 3. The fraction of sp³-hybridized carbons (Fsp3) is 0.258. The van der Waals surface area contributed by atoms with Crippen LogP contribution in [0.25, 0.3) is 0 Å². The number of rotatable bonds is 16. The predicted octanol–water partition coefficient (Wildman–Crippen LogP) is 2.45. The number of hydrogen-bond acceptors (Lipinski definition) is 8. The number of guanidine groups is 1. The zero-order valence-corrected chi connectivity index (χ0v) is 26.1. The number of amides is 1. The maximum Gasteiger partial charge on any atom is 0.275 e. The van der Waals surface area contributed by atoms with Crippen molar-refractivity contribution in [1.82, 2.24) is 14.9 Å². The number of nitrogens with two attached hydrogens (primary N) is 2. The molecule has 1 unspecified atom stereocenters. The number of benzene rings is 2. The summed E-state index contributed by atoms with van der Waals surface area (Å²) in [4.78, 5) is 48.3. The number of carbonyl (C=O) groups is 2. The van der Waals surface area contributed by atoms with E-state index < -0.39 is 34.1 Å². The third-order valence-corrected chi connectivity index (χ3v) is 8.82. The van der Waals surface area contributed by atoms with Gasteiger partial charge in [-0.1, -0.05) is 60.7 Å². The maximum atomic E-state index is 13.7. The molecule has 236 valence electrons. The van der Waals surface area contributed by atoms with Gasteiger partial charge >= 0.3 is 0 Å². The van der Waals surface area contributed by atoms with E-state index in [2.05, 4.69) is 20.0 Å². The first-order chi connectivity index (χ1) is 21.6. The summed E-state index contributed by atoms with van der Waals surface area (Å²) in [5, 5.41) is 4.63. The summed E-state index contributed by atoms with van der Waals surface area (Å²) in [6.07, 6.45) is 3.12. The molecule has 12 nitrogen and oxygen atoms in total. The van der Waals surface area contributed by atoms with Crippen molar-refractivity contribution in [3.63, 3.8) is 0 Å². The second-order valence-electron chi connectivity index (χ2n) is 10.2. The molecule has 0 fully saturated rings. The number of thiazole rings is 1. The summed E-state index contributed by atoms with van der Waals surface area (Å²) >= 11 is 1.15. The summed E-state index contributed by atoms with van der Waals surface area (Å²) < 4.78 is 29.5. The second kappa shape index (κ2) is 15.8. The summed E-state index contributed by atoms with van der Waals surface area (Å²) in [5.74, 6) is -1.38. The van der Waals surface area contributed by atoms with Gasteiger partial charge in [0.05, 0.1) is 11.8 Å². The summed E-state index contributed by atoms with van der Waals surface area (Å²) in [7, 11) is -3.94. The van der Waals surface area contributed by atoms with Crippen LogP contribution < -0.4 is 27.1 Å². The maximum absolute atomic E-state index is 13.7. The van der Waals surface area contributed by atoms with Crippen LogP contribution in [0.2, 0.25) is 0 Å². The molecule has 0 saturated carbocycles. The number of Topliss-reactive ketones (excluding diaryl/α,β-unsaturated/α-hetero) is 1. The van der Waals surface area contributed by atoms with Crippen molar-refractivity contribution in [2.75, 3.05) is 11.3 Å². The summed E-state index contributed by atoms with van der Waals surface area (Å²) in [5.41, 5.74) is 12.1. The van der Waals surface area contributed by atoms with Crippen LogP contribution in [-0.2, 0) is 40.0 Å². The molecule has 4 rings (SSSR count). The van der Waals surface area contributed by atoms with E-state index in [1.165, 1.54) is 16.8 Å². The lowest BCUT2D eigenvalue weighted by atomic mass is 10.1. The van der Waals surface area contributed by atoms with Crippen molar-refractivity contribution in [2.24, 2.45) is 16.5 Å². The first-order valence-corrected chi connectivity index (χ1v) is 16.7. The fourth-order valence-electron chi connectivity index (χ4n) is 4.65. The van der Waals surface area contributed by atoms with E-state index >= 15 is 0 Å². The SMILES string of the molecule is NC(N)=NCCCC(NC(=O)Cn1c(CCc2ccccc2)ccc(NS(=O)(=O)Cc2ccccc2)c1=O)C(=O)c1nccs1. The Hall–Kier alpha value is -4.82. The highest BCUT2D eigenvalue weighted by Gasteiger charge is 2.25. The van der Waals surface area contributed by atoms with E-state index in [1.807, 2.05) is 30.3 Å².